The summed E-state index contributed by atoms with van der Waals surface area (Å²) in [5.74, 6) is -1.75. The Morgan fingerprint density at radius 2 is 1.50 bits per heavy atom. The second kappa shape index (κ2) is 9.07. The highest BCUT2D eigenvalue weighted by Crippen LogP contribution is 2.19. The number of benzene rings is 1. The molecule has 0 amide bonds. The molecule has 122 valence electrons. The van der Waals surface area contributed by atoms with Crippen LogP contribution in [0.5, 0.6) is 5.75 Å². The lowest BCUT2D eigenvalue weighted by atomic mass is 9.95. The lowest BCUT2D eigenvalue weighted by molar-refractivity contribution is -0.164. The first-order valence-electron chi connectivity index (χ1n) is 7.52. The molecule has 1 aromatic rings. The molecule has 1 atom stereocenters. The first kappa shape index (κ1) is 18.0. The lowest BCUT2D eigenvalue weighted by Gasteiger charge is -2.21. The molecular weight excluding hydrogens is 284 g/mol. The van der Waals surface area contributed by atoms with Gasteiger partial charge in [0.05, 0.1) is 19.8 Å². The average molecular weight is 308 g/mol. The monoisotopic (exact) mass is 308 g/mol. The van der Waals surface area contributed by atoms with Gasteiger partial charge in [0.2, 0.25) is 0 Å². The van der Waals surface area contributed by atoms with Crippen molar-refractivity contribution in [3.05, 3.63) is 29.8 Å². The Labute approximate surface area is 131 Å². The third-order valence-corrected chi connectivity index (χ3v) is 3.18. The Morgan fingerprint density at radius 3 is 1.95 bits per heavy atom. The summed E-state index contributed by atoms with van der Waals surface area (Å²) in [6, 6.07) is 7.58. The fourth-order valence-electron chi connectivity index (χ4n) is 1.98. The molecule has 0 bridgehead atoms. The van der Waals surface area contributed by atoms with Gasteiger partial charge < -0.3 is 14.2 Å². The van der Waals surface area contributed by atoms with Crippen LogP contribution < -0.4 is 4.74 Å². The predicted octanol–water partition coefficient (Wildman–Crippen LogP) is 2.75. The van der Waals surface area contributed by atoms with Crippen molar-refractivity contribution in [2.24, 2.45) is 11.8 Å². The first-order chi connectivity index (χ1) is 10.5. The second-order valence-corrected chi connectivity index (χ2v) is 5.08. The zero-order valence-electron chi connectivity index (χ0n) is 13.6. The molecule has 1 unspecified atom stereocenters. The van der Waals surface area contributed by atoms with Gasteiger partial charge in [-0.2, -0.15) is 0 Å². The van der Waals surface area contributed by atoms with Crippen LogP contribution in [0.25, 0.3) is 0 Å². The van der Waals surface area contributed by atoms with Gasteiger partial charge in [0.1, 0.15) is 5.75 Å². The quantitative estimate of drug-likeness (QED) is 0.546. The van der Waals surface area contributed by atoms with Crippen molar-refractivity contribution in [1.29, 1.82) is 0 Å². The number of ether oxygens (including phenoxy) is 3. The van der Waals surface area contributed by atoms with Crippen LogP contribution in [-0.2, 0) is 19.1 Å². The fraction of sp³-hybridized carbons (Fsp3) is 0.529. The zero-order chi connectivity index (χ0) is 16.5. The van der Waals surface area contributed by atoms with Gasteiger partial charge in [-0.1, -0.05) is 24.6 Å². The van der Waals surface area contributed by atoms with Crippen molar-refractivity contribution >= 4 is 11.9 Å². The van der Waals surface area contributed by atoms with Gasteiger partial charge in [0.15, 0.2) is 5.92 Å². The van der Waals surface area contributed by atoms with Crippen LogP contribution in [0.2, 0.25) is 0 Å². The van der Waals surface area contributed by atoms with E-state index < -0.39 is 17.9 Å². The van der Waals surface area contributed by atoms with Gasteiger partial charge >= 0.3 is 11.9 Å². The number of carbonyl (C=O) groups is 2. The van der Waals surface area contributed by atoms with Crippen LogP contribution in [0.1, 0.15) is 26.3 Å². The fourth-order valence-corrected chi connectivity index (χ4v) is 1.98. The summed E-state index contributed by atoms with van der Waals surface area (Å²) in [7, 11) is 0. The standard InChI is InChI=1S/C17H24O5/c1-5-20-16(18)15(17(19)21-6-2)13(4)11-22-14-9-7-12(3)8-10-14/h7-10,13,15H,5-6,11H2,1-4H3. The maximum Gasteiger partial charge on any atom is 0.320 e. The van der Waals surface area contributed by atoms with Gasteiger partial charge in [-0.3, -0.25) is 9.59 Å². The Balaban J connectivity index is 2.69. The van der Waals surface area contributed by atoms with Crippen LogP contribution in [0, 0.1) is 18.8 Å². The molecule has 0 radical (unpaired) electrons. The number of rotatable bonds is 8. The number of carbonyl (C=O) groups excluding carboxylic acids is 2. The van der Waals surface area contributed by atoms with Crippen LogP contribution in [0.15, 0.2) is 24.3 Å². The molecule has 0 saturated heterocycles. The summed E-state index contributed by atoms with van der Waals surface area (Å²) in [5.41, 5.74) is 1.14. The van der Waals surface area contributed by atoms with E-state index in [9.17, 15) is 9.59 Å². The molecule has 1 rings (SSSR count). The molecule has 5 nitrogen and oxygen atoms in total. The smallest absolute Gasteiger partial charge is 0.320 e. The minimum atomic E-state index is -0.967. The van der Waals surface area contributed by atoms with E-state index in [1.165, 1.54) is 0 Å². The summed E-state index contributed by atoms with van der Waals surface area (Å²) in [6.07, 6.45) is 0. The number of esters is 2. The Bertz CT molecular complexity index is 462. The summed E-state index contributed by atoms with van der Waals surface area (Å²) in [4.78, 5) is 24.0. The Kier molecular flexibility index (Phi) is 7.43. The van der Waals surface area contributed by atoms with Gasteiger partial charge in [-0.15, -0.1) is 0 Å². The maximum absolute atomic E-state index is 12.0. The summed E-state index contributed by atoms with van der Waals surface area (Å²) < 4.78 is 15.6. The van der Waals surface area contributed by atoms with Crippen molar-refractivity contribution in [2.75, 3.05) is 19.8 Å². The molecule has 0 aliphatic carbocycles. The van der Waals surface area contributed by atoms with E-state index in [-0.39, 0.29) is 25.7 Å². The molecule has 0 spiro atoms. The summed E-state index contributed by atoms with van der Waals surface area (Å²) >= 11 is 0. The largest absolute Gasteiger partial charge is 0.493 e. The summed E-state index contributed by atoms with van der Waals surface area (Å²) in [6.45, 7) is 7.84. The molecule has 0 aliphatic heterocycles. The predicted molar refractivity (Wildman–Crippen MR) is 82.6 cm³/mol. The molecule has 0 saturated carbocycles. The lowest BCUT2D eigenvalue weighted by Crippen LogP contribution is -2.35. The van der Waals surface area contributed by atoms with Crippen molar-refractivity contribution in [1.82, 2.24) is 0 Å². The number of aryl methyl sites for hydroxylation is 1. The van der Waals surface area contributed by atoms with Crippen LogP contribution >= 0.6 is 0 Å². The molecule has 0 N–H and O–H groups in total. The molecule has 0 heterocycles. The highest BCUT2D eigenvalue weighted by molar-refractivity contribution is 5.95. The molecule has 0 aliphatic rings. The third kappa shape index (κ3) is 5.39. The van der Waals surface area contributed by atoms with Crippen LogP contribution in [-0.4, -0.2) is 31.8 Å². The van der Waals surface area contributed by atoms with Gasteiger partial charge in [-0.05, 0) is 32.9 Å². The highest BCUT2D eigenvalue weighted by Gasteiger charge is 2.35. The van der Waals surface area contributed by atoms with Gasteiger partial charge in [0.25, 0.3) is 0 Å². The Hall–Kier alpha value is -2.04. The highest BCUT2D eigenvalue weighted by atomic mass is 16.6. The molecular formula is C17H24O5. The van der Waals surface area contributed by atoms with E-state index in [1.807, 2.05) is 31.2 Å². The van der Waals surface area contributed by atoms with Crippen LogP contribution in [0.3, 0.4) is 0 Å². The molecule has 5 heteroatoms. The van der Waals surface area contributed by atoms with Crippen LogP contribution in [0.4, 0.5) is 0 Å². The van der Waals surface area contributed by atoms with E-state index in [0.717, 1.165) is 5.56 Å². The van der Waals surface area contributed by atoms with Gasteiger partial charge in [-0.25, -0.2) is 0 Å². The van der Waals surface area contributed by atoms with E-state index in [4.69, 9.17) is 14.2 Å². The molecule has 0 fully saturated rings. The minimum absolute atomic E-state index is 0.222. The topological polar surface area (TPSA) is 61.8 Å². The number of hydrogen-bond donors (Lipinski definition) is 0. The van der Waals surface area contributed by atoms with Crippen molar-refractivity contribution in [2.45, 2.75) is 27.7 Å². The first-order valence-corrected chi connectivity index (χ1v) is 7.52. The second-order valence-electron chi connectivity index (χ2n) is 5.08. The molecule has 0 aromatic heterocycles. The molecule has 22 heavy (non-hydrogen) atoms. The van der Waals surface area contributed by atoms with E-state index in [0.29, 0.717) is 5.75 Å². The normalized spacial score (nSPS) is 11.9. The van der Waals surface area contributed by atoms with E-state index in [1.54, 1.807) is 20.8 Å². The third-order valence-electron chi connectivity index (χ3n) is 3.18. The number of hydrogen-bond acceptors (Lipinski definition) is 5. The summed E-state index contributed by atoms with van der Waals surface area (Å²) in [5, 5.41) is 0. The SMILES string of the molecule is CCOC(=O)C(C(=O)OCC)C(C)COc1ccc(C)cc1. The van der Waals surface area contributed by atoms with Gasteiger partial charge in [0, 0.05) is 5.92 Å². The minimum Gasteiger partial charge on any atom is -0.493 e. The average Bonchev–Trinajstić information content (AvgIpc) is 2.47. The Morgan fingerprint density at radius 1 is 1.00 bits per heavy atom. The van der Waals surface area contributed by atoms with E-state index >= 15 is 0 Å². The van der Waals surface area contributed by atoms with E-state index in [2.05, 4.69) is 0 Å². The zero-order valence-corrected chi connectivity index (χ0v) is 13.6. The molecule has 1 aromatic carbocycles. The van der Waals surface area contributed by atoms with Crippen molar-refractivity contribution in [3.63, 3.8) is 0 Å². The maximum atomic E-state index is 12.0. The van der Waals surface area contributed by atoms with Crippen molar-refractivity contribution in [3.8, 4) is 5.75 Å². The van der Waals surface area contributed by atoms with Crippen molar-refractivity contribution < 1.29 is 23.8 Å².